The van der Waals surface area contributed by atoms with Crippen LogP contribution in [0.25, 0.3) is 0 Å². The van der Waals surface area contributed by atoms with Crippen LogP contribution in [0.1, 0.15) is 55.3 Å². The smallest absolute Gasteiger partial charge is 0.252 e. The lowest BCUT2D eigenvalue weighted by Gasteiger charge is -2.44. The Morgan fingerprint density at radius 2 is 1.88 bits per heavy atom. The van der Waals surface area contributed by atoms with Gasteiger partial charge in [0, 0.05) is 25.6 Å². The van der Waals surface area contributed by atoms with Crippen molar-refractivity contribution in [2.75, 3.05) is 13.1 Å². The molecular weight excluding hydrogens is 324 g/mol. The third kappa shape index (κ3) is 3.92. The van der Waals surface area contributed by atoms with E-state index in [9.17, 15) is 9.59 Å². The van der Waals surface area contributed by atoms with Gasteiger partial charge < -0.3 is 10.2 Å². The second kappa shape index (κ2) is 8.02. The molecule has 0 radical (unpaired) electrons. The highest BCUT2D eigenvalue weighted by Crippen LogP contribution is 2.35. The lowest BCUT2D eigenvalue weighted by Crippen LogP contribution is -2.50. The van der Waals surface area contributed by atoms with E-state index < -0.39 is 0 Å². The molecule has 5 heteroatoms. The van der Waals surface area contributed by atoms with Gasteiger partial charge in [-0.05, 0) is 43.7 Å². The number of piperidine rings is 1. The lowest BCUT2D eigenvalue weighted by atomic mass is 9.78. The molecule has 1 saturated carbocycles. The minimum absolute atomic E-state index is 0.172. The molecule has 24 heavy (non-hydrogen) atoms. The standard InChI is InChI=1S/C19H25ClN2O2/c20-16-9-3-2-8-15(16)19(24)21-12-11-18(23)22-13-5-7-14-6-1-4-10-17(14)22/h2-3,8-9,14,17H,1,4-7,10-13H2,(H,21,24)/t14-,17+/m0/s1. The minimum atomic E-state index is -0.220. The van der Waals surface area contributed by atoms with Gasteiger partial charge in [0.05, 0.1) is 10.6 Å². The molecule has 0 unspecified atom stereocenters. The number of halogens is 1. The van der Waals surface area contributed by atoms with E-state index in [0.717, 1.165) is 19.4 Å². The van der Waals surface area contributed by atoms with Gasteiger partial charge in [-0.2, -0.15) is 0 Å². The van der Waals surface area contributed by atoms with E-state index in [2.05, 4.69) is 10.2 Å². The molecule has 2 aliphatic rings. The van der Waals surface area contributed by atoms with E-state index in [1.807, 2.05) is 0 Å². The average Bonchev–Trinajstić information content (AvgIpc) is 2.61. The fourth-order valence-electron chi connectivity index (χ4n) is 4.10. The van der Waals surface area contributed by atoms with Crippen LogP contribution in [0.5, 0.6) is 0 Å². The van der Waals surface area contributed by atoms with E-state index in [1.165, 1.54) is 25.7 Å². The van der Waals surface area contributed by atoms with E-state index in [4.69, 9.17) is 11.6 Å². The van der Waals surface area contributed by atoms with Crippen LogP contribution >= 0.6 is 11.6 Å². The molecule has 1 aliphatic carbocycles. The highest BCUT2D eigenvalue weighted by Gasteiger charge is 2.35. The molecule has 1 heterocycles. The van der Waals surface area contributed by atoms with Gasteiger partial charge in [0.25, 0.3) is 5.91 Å². The van der Waals surface area contributed by atoms with Gasteiger partial charge in [-0.25, -0.2) is 0 Å². The molecule has 4 nitrogen and oxygen atoms in total. The number of hydrogen-bond donors (Lipinski definition) is 1. The molecule has 1 aliphatic heterocycles. The summed E-state index contributed by atoms with van der Waals surface area (Å²) in [6, 6.07) is 7.39. The summed E-state index contributed by atoms with van der Waals surface area (Å²) in [5, 5.41) is 3.24. The number of likely N-dealkylation sites (tertiary alicyclic amines) is 1. The van der Waals surface area contributed by atoms with Crippen molar-refractivity contribution in [3.8, 4) is 0 Å². The van der Waals surface area contributed by atoms with Crippen LogP contribution in [-0.2, 0) is 4.79 Å². The molecule has 0 bridgehead atoms. The van der Waals surface area contributed by atoms with Gasteiger partial charge in [0.1, 0.15) is 0 Å². The Labute approximate surface area is 148 Å². The van der Waals surface area contributed by atoms with E-state index in [1.54, 1.807) is 24.3 Å². The summed E-state index contributed by atoms with van der Waals surface area (Å²) >= 11 is 6.02. The predicted molar refractivity (Wildman–Crippen MR) is 95.1 cm³/mol. The number of carbonyl (C=O) groups is 2. The third-order valence-electron chi connectivity index (χ3n) is 5.31. The zero-order chi connectivity index (χ0) is 16.9. The van der Waals surface area contributed by atoms with Crippen LogP contribution < -0.4 is 5.32 Å². The fourth-order valence-corrected chi connectivity index (χ4v) is 4.32. The Morgan fingerprint density at radius 1 is 1.12 bits per heavy atom. The number of amides is 2. The molecule has 1 aromatic carbocycles. The molecular formula is C19H25ClN2O2. The monoisotopic (exact) mass is 348 g/mol. The van der Waals surface area contributed by atoms with Gasteiger partial charge in [-0.1, -0.05) is 36.6 Å². The third-order valence-corrected chi connectivity index (χ3v) is 5.64. The van der Waals surface area contributed by atoms with E-state index >= 15 is 0 Å². The zero-order valence-electron chi connectivity index (χ0n) is 14.0. The topological polar surface area (TPSA) is 49.4 Å². The molecule has 0 aromatic heterocycles. The molecule has 1 N–H and O–H groups in total. The first-order chi connectivity index (χ1) is 11.7. The van der Waals surface area contributed by atoms with Crippen molar-refractivity contribution in [2.24, 2.45) is 5.92 Å². The number of fused-ring (bicyclic) bond motifs is 1. The molecule has 1 saturated heterocycles. The van der Waals surface area contributed by atoms with Crippen LogP contribution in [0, 0.1) is 5.92 Å². The van der Waals surface area contributed by atoms with Crippen LogP contribution in [0.15, 0.2) is 24.3 Å². The van der Waals surface area contributed by atoms with Crippen LogP contribution in [0.4, 0.5) is 0 Å². The minimum Gasteiger partial charge on any atom is -0.351 e. The summed E-state index contributed by atoms with van der Waals surface area (Å²) in [6.07, 6.45) is 7.67. The second-order valence-corrected chi connectivity index (χ2v) is 7.23. The summed E-state index contributed by atoms with van der Waals surface area (Å²) in [4.78, 5) is 26.8. The molecule has 2 fully saturated rings. The molecule has 2 amide bonds. The van der Waals surface area contributed by atoms with Crippen molar-refractivity contribution >= 4 is 23.4 Å². The van der Waals surface area contributed by atoms with Crippen molar-refractivity contribution < 1.29 is 9.59 Å². The molecule has 130 valence electrons. The van der Waals surface area contributed by atoms with Crippen molar-refractivity contribution in [3.63, 3.8) is 0 Å². The maximum absolute atomic E-state index is 12.6. The fraction of sp³-hybridized carbons (Fsp3) is 0.579. The number of hydrogen-bond acceptors (Lipinski definition) is 2. The van der Waals surface area contributed by atoms with Gasteiger partial charge in [0.2, 0.25) is 5.91 Å². The quantitative estimate of drug-likeness (QED) is 0.903. The first-order valence-electron chi connectivity index (χ1n) is 8.99. The number of benzene rings is 1. The number of rotatable bonds is 4. The Kier molecular flexibility index (Phi) is 5.77. The van der Waals surface area contributed by atoms with Gasteiger partial charge in [0.15, 0.2) is 0 Å². The molecule has 3 rings (SSSR count). The maximum atomic E-state index is 12.6. The van der Waals surface area contributed by atoms with Crippen molar-refractivity contribution in [1.29, 1.82) is 0 Å². The second-order valence-electron chi connectivity index (χ2n) is 6.83. The van der Waals surface area contributed by atoms with Crippen molar-refractivity contribution in [2.45, 2.75) is 51.0 Å². The summed E-state index contributed by atoms with van der Waals surface area (Å²) in [7, 11) is 0. The zero-order valence-corrected chi connectivity index (χ0v) is 14.7. The SMILES string of the molecule is O=C(NCCC(=O)N1CCC[C@@H]2CCCC[C@H]21)c1ccccc1Cl. The predicted octanol–water partition coefficient (Wildman–Crippen LogP) is 3.64. The van der Waals surface area contributed by atoms with Crippen LogP contribution in [0.2, 0.25) is 5.02 Å². The number of nitrogens with one attached hydrogen (secondary N) is 1. The maximum Gasteiger partial charge on any atom is 0.252 e. The van der Waals surface area contributed by atoms with Gasteiger partial charge in [-0.15, -0.1) is 0 Å². The molecule has 1 aromatic rings. The van der Waals surface area contributed by atoms with Crippen LogP contribution in [-0.4, -0.2) is 35.8 Å². The Hall–Kier alpha value is -1.55. The Bertz CT molecular complexity index is 603. The van der Waals surface area contributed by atoms with Crippen molar-refractivity contribution in [3.05, 3.63) is 34.9 Å². The van der Waals surface area contributed by atoms with E-state index in [-0.39, 0.29) is 11.8 Å². The van der Waals surface area contributed by atoms with Crippen molar-refractivity contribution in [1.82, 2.24) is 10.2 Å². The van der Waals surface area contributed by atoms with Gasteiger partial charge in [-0.3, -0.25) is 9.59 Å². The Morgan fingerprint density at radius 3 is 2.71 bits per heavy atom. The Balaban J connectivity index is 1.50. The molecule has 2 atom stereocenters. The lowest BCUT2D eigenvalue weighted by molar-refractivity contribution is -0.137. The molecule has 0 spiro atoms. The van der Waals surface area contributed by atoms with Crippen LogP contribution in [0.3, 0.4) is 0 Å². The van der Waals surface area contributed by atoms with E-state index in [0.29, 0.717) is 35.5 Å². The number of carbonyl (C=O) groups excluding carboxylic acids is 2. The number of nitrogens with zero attached hydrogens (tertiary/aromatic N) is 1. The summed E-state index contributed by atoms with van der Waals surface area (Å²) in [6.45, 7) is 1.23. The highest BCUT2D eigenvalue weighted by atomic mass is 35.5. The highest BCUT2D eigenvalue weighted by molar-refractivity contribution is 6.33. The first kappa shape index (κ1) is 17.3. The summed E-state index contributed by atoms with van der Waals surface area (Å²) in [5.41, 5.74) is 0.455. The summed E-state index contributed by atoms with van der Waals surface area (Å²) in [5.74, 6) is 0.641. The summed E-state index contributed by atoms with van der Waals surface area (Å²) < 4.78 is 0. The normalized spacial score (nSPS) is 23.5. The van der Waals surface area contributed by atoms with Gasteiger partial charge >= 0.3 is 0 Å². The first-order valence-corrected chi connectivity index (χ1v) is 9.37. The average molecular weight is 349 g/mol. The largest absolute Gasteiger partial charge is 0.351 e.